The van der Waals surface area contributed by atoms with Gasteiger partial charge in [-0.2, -0.15) is 0 Å². The van der Waals surface area contributed by atoms with Crippen LogP contribution in [-0.4, -0.2) is 22.2 Å². The van der Waals surface area contributed by atoms with E-state index in [1.54, 1.807) is 6.07 Å². The normalized spacial score (nSPS) is 10.9. The summed E-state index contributed by atoms with van der Waals surface area (Å²) in [4.78, 5) is 12.6. The van der Waals surface area contributed by atoms with Crippen molar-refractivity contribution in [1.82, 2.24) is 9.13 Å². The van der Waals surface area contributed by atoms with E-state index < -0.39 is 0 Å². The molecule has 0 N–H and O–H groups in total. The van der Waals surface area contributed by atoms with Crippen molar-refractivity contribution in [3.8, 4) is 11.5 Å². The molecule has 0 unspecified atom stereocenters. The number of esters is 1. The van der Waals surface area contributed by atoms with Gasteiger partial charge in [-0.25, -0.2) is 4.79 Å². The van der Waals surface area contributed by atoms with Gasteiger partial charge in [-0.1, -0.05) is 119 Å². The molecule has 6 heteroatoms. The van der Waals surface area contributed by atoms with Crippen LogP contribution in [0.25, 0.3) is 21.8 Å². The van der Waals surface area contributed by atoms with E-state index in [1.807, 2.05) is 54.6 Å². The lowest BCUT2D eigenvalue weighted by Gasteiger charge is -2.13. The van der Waals surface area contributed by atoms with Crippen LogP contribution < -0.4 is 4.74 Å². The van der Waals surface area contributed by atoms with Gasteiger partial charge in [0.15, 0.2) is 0 Å². The molecule has 51 heavy (non-hydrogen) atoms. The summed E-state index contributed by atoms with van der Waals surface area (Å²) in [5.41, 5.74) is 7.59. The number of methoxy groups -OCH3 is 1. The number of ether oxygens (including phenoxy) is 2. The number of rotatable bonds is 9. The van der Waals surface area contributed by atoms with Gasteiger partial charge in [0.05, 0.1) is 12.7 Å². The zero-order valence-corrected chi connectivity index (χ0v) is 29.9. The fourth-order valence-electron chi connectivity index (χ4n) is 6.37. The maximum absolute atomic E-state index is 12.6. The first kappa shape index (κ1) is 33.6. The Morgan fingerprint density at radius 1 is 0.569 bits per heavy atom. The maximum atomic E-state index is 12.6. The van der Waals surface area contributed by atoms with Crippen LogP contribution in [0.3, 0.4) is 0 Å². The van der Waals surface area contributed by atoms with Crippen molar-refractivity contribution in [2.45, 2.75) is 19.5 Å². The molecule has 0 amide bonds. The SMILES string of the molecule is Brc1cccc2c1ccn2Cc1ccccc1.COC(=O)c1cc(Oc2ccccc2)ccc1Cc1cccc2c1ccn2Cc1ccccc1. The second-order valence-corrected chi connectivity index (χ2v) is 13.1. The van der Waals surface area contributed by atoms with Gasteiger partial charge in [0.25, 0.3) is 0 Å². The van der Waals surface area contributed by atoms with Gasteiger partial charge in [-0.15, -0.1) is 0 Å². The van der Waals surface area contributed by atoms with Crippen molar-refractivity contribution in [1.29, 1.82) is 0 Å². The molecule has 0 saturated carbocycles. The summed E-state index contributed by atoms with van der Waals surface area (Å²) in [5.74, 6) is 0.945. The van der Waals surface area contributed by atoms with Gasteiger partial charge >= 0.3 is 5.97 Å². The highest BCUT2D eigenvalue weighted by atomic mass is 79.9. The standard InChI is InChI=1S/C30H25NO3.C15H12BrN/c1-33-30(32)28-20-26(34-25-12-6-3-7-13-25)16-15-24(28)19-23-11-8-14-29-27(23)17-18-31(29)21-22-9-4-2-5-10-22;16-14-7-4-8-15-13(14)9-10-17(15)11-12-5-2-1-3-6-12/h2-18,20H,19,21H2,1H3;1-10H,11H2. The summed E-state index contributed by atoms with van der Waals surface area (Å²) < 4.78 is 16.7. The zero-order chi connectivity index (χ0) is 35.0. The fraction of sp³-hybridized carbons (Fsp3) is 0.0889. The molecule has 8 rings (SSSR count). The van der Waals surface area contributed by atoms with Crippen LogP contribution in [0.5, 0.6) is 11.5 Å². The number of carbonyl (C=O) groups is 1. The molecule has 0 spiro atoms. The van der Waals surface area contributed by atoms with E-state index in [0.717, 1.165) is 34.4 Å². The number of nitrogens with zero attached hydrogens (tertiary/aromatic N) is 2. The van der Waals surface area contributed by atoms with E-state index in [0.29, 0.717) is 17.7 Å². The number of aromatic nitrogens is 2. The van der Waals surface area contributed by atoms with Crippen LogP contribution in [0, 0.1) is 0 Å². The van der Waals surface area contributed by atoms with Gasteiger partial charge < -0.3 is 18.6 Å². The van der Waals surface area contributed by atoms with E-state index in [2.05, 4.69) is 135 Å². The number of para-hydroxylation sites is 1. The van der Waals surface area contributed by atoms with Crippen molar-refractivity contribution in [3.05, 3.63) is 202 Å². The summed E-state index contributed by atoms with van der Waals surface area (Å²) in [6, 6.07) is 53.0. The van der Waals surface area contributed by atoms with E-state index in [4.69, 9.17) is 9.47 Å². The highest BCUT2D eigenvalue weighted by molar-refractivity contribution is 9.10. The quantitative estimate of drug-likeness (QED) is 0.139. The molecule has 0 fully saturated rings. The lowest BCUT2D eigenvalue weighted by atomic mass is 9.97. The molecule has 0 radical (unpaired) electrons. The summed E-state index contributed by atoms with van der Waals surface area (Å²) in [5, 5.41) is 2.45. The van der Waals surface area contributed by atoms with E-state index in [9.17, 15) is 4.79 Å². The molecule has 0 bridgehead atoms. The average molecular weight is 734 g/mol. The molecular weight excluding hydrogens is 696 g/mol. The van der Waals surface area contributed by atoms with Crippen LogP contribution in [0.4, 0.5) is 0 Å². The summed E-state index contributed by atoms with van der Waals surface area (Å²) in [6.45, 7) is 1.73. The monoisotopic (exact) mass is 732 g/mol. The molecule has 0 aliphatic carbocycles. The fourth-order valence-corrected chi connectivity index (χ4v) is 6.85. The minimum absolute atomic E-state index is 0.373. The topological polar surface area (TPSA) is 45.4 Å². The van der Waals surface area contributed by atoms with E-state index >= 15 is 0 Å². The first-order valence-electron chi connectivity index (χ1n) is 16.9. The van der Waals surface area contributed by atoms with Crippen molar-refractivity contribution in [3.63, 3.8) is 0 Å². The number of hydrogen-bond acceptors (Lipinski definition) is 3. The number of carbonyl (C=O) groups excluding carboxylic acids is 1. The summed E-state index contributed by atoms with van der Waals surface area (Å²) in [7, 11) is 1.40. The Morgan fingerprint density at radius 2 is 1.14 bits per heavy atom. The molecule has 5 nitrogen and oxygen atoms in total. The third-order valence-corrected chi connectivity index (χ3v) is 9.59. The van der Waals surface area contributed by atoms with Gasteiger partial charge in [0, 0.05) is 51.8 Å². The number of hydrogen-bond donors (Lipinski definition) is 0. The number of halogens is 1. The van der Waals surface area contributed by atoms with Gasteiger partial charge in [-0.05, 0) is 83.3 Å². The van der Waals surface area contributed by atoms with Gasteiger partial charge in [0.1, 0.15) is 11.5 Å². The second-order valence-electron chi connectivity index (χ2n) is 12.3. The molecule has 0 aliphatic rings. The molecule has 0 saturated heterocycles. The van der Waals surface area contributed by atoms with E-state index in [1.165, 1.54) is 40.0 Å². The van der Waals surface area contributed by atoms with Crippen LogP contribution in [-0.2, 0) is 24.2 Å². The molecule has 2 aromatic heterocycles. The predicted octanol–water partition coefficient (Wildman–Crippen LogP) is 11.3. The minimum atomic E-state index is -0.373. The Morgan fingerprint density at radius 3 is 1.76 bits per heavy atom. The molecule has 0 atom stereocenters. The van der Waals surface area contributed by atoms with Gasteiger partial charge in [-0.3, -0.25) is 0 Å². The Labute approximate surface area is 306 Å². The Kier molecular flexibility index (Phi) is 10.4. The zero-order valence-electron chi connectivity index (χ0n) is 28.3. The van der Waals surface area contributed by atoms with Crippen LogP contribution in [0.15, 0.2) is 175 Å². The Hall–Kier alpha value is -5.85. The molecule has 8 aromatic rings. The Bertz CT molecular complexity index is 2380. The molecule has 6 aromatic carbocycles. The molecule has 0 aliphatic heterocycles. The van der Waals surface area contributed by atoms with Gasteiger partial charge in [0.2, 0.25) is 0 Å². The smallest absolute Gasteiger partial charge is 0.338 e. The largest absolute Gasteiger partial charge is 0.465 e. The second kappa shape index (κ2) is 15.8. The summed E-state index contributed by atoms with van der Waals surface area (Å²) >= 11 is 3.58. The van der Waals surface area contributed by atoms with E-state index in [-0.39, 0.29) is 5.97 Å². The lowest BCUT2D eigenvalue weighted by Crippen LogP contribution is -2.07. The Balaban J connectivity index is 0.000000199. The molecule has 2 heterocycles. The maximum Gasteiger partial charge on any atom is 0.338 e. The predicted molar refractivity (Wildman–Crippen MR) is 210 cm³/mol. The summed E-state index contributed by atoms with van der Waals surface area (Å²) in [6.07, 6.45) is 4.88. The van der Waals surface area contributed by atoms with Crippen LogP contribution in [0.2, 0.25) is 0 Å². The van der Waals surface area contributed by atoms with Crippen molar-refractivity contribution in [2.75, 3.05) is 7.11 Å². The number of fused-ring (bicyclic) bond motifs is 2. The third kappa shape index (κ3) is 7.98. The minimum Gasteiger partial charge on any atom is -0.465 e. The van der Waals surface area contributed by atoms with Crippen molar-refractivity contribution < 1.29 is 14.3 Å². The number of benzene rings is 6. The van der Waals surface area contributed by atoms with Crippen molar-refractivity contribution in [2.24, 2.45) is 0 Å². The molecular formula is C45H37BrN2O3. The first-order valence-corrected chi connectivity index (χ1v) is 17.7. The van der Waals surface area contributed by atoms with Crippen LogP contribution in [0.1, 0.15) is 32.6 Å². The highest BCUT2D eigenvalue weighted by Gasteiger charge is 2.16. The molecule has 252 valence electrons. The lowest BCUT2D eigenvalue weighted by molar-refractivity contribution is 0.0599. The van der Waals surface area contributed by atoms with Crippen molar-refractivity contribution >= 4 is 43.7 Å². The average Bonchev–Trinajstić information content (AvgIpc) is 3.78. The van der Waals surface area contributed by atoms with Crippen LogP contribution >= 0.6 is 15.9 Å². The third-order valence-electron chi connectivity index (χ3n) is 8.90. The first-order chi connectivity index (χ1) is 25.1. The highest BCUT2D eigenvalue weighted by Crippen LogP contribution is 2.29.